The van der Waals surface area contributed by atoms with Crippen LogP contribution in [0.25, 0.3) is 0 Å². The standard InChI is InChI=1S/C19H20O2/c1-13-4-8-16(9-5-13)18(12-15(3)19(20)21)17-10-6-14(2)7-11-17/h4-12,18H,1-3H3,(H,20,21). The van der Waals surface area contributed by atoms with Crippen molar-refractivity contribution in [2.45, 2.75) is 26.7 Å². The molecule has 2 aromatic carbocycles. The second kappa shape index (κ2) is 6.40. The van der Waals surface area contributed by atoms with Crippen molar-refractivity contribution >= 4 is 5.97 Å². The van der Waals surface area contributed by atoms with Gasteiger partial charge in [-0.15, -0.1) is 0 Å². The molecule has 0 unspecified atom stereocenters. The van der Waals surface area contributed by atoms with Gasteiger partial charge in [0.15, 0.2) is 0 Å². The van der Waals surface area contributed by atoms with Gasteiger partial charge in [0.2, 0.25) is 0 Å². The maximum atomic E-state index is 11.1. The maximum absolute atomic E-state index is 11.1. The first-order valence-corrected chi connectivity index (χ1v) is 7.02. The van der Waals surface area contributed by atoms with Crippen molar-refractivity contribution in [3.05, 3.63) is 82.4 Å². The van der Waals surface area contributed by atoms with E-state index < -0.39 is 5.97 Å². The summed E-state index contributed by atoms with van der Waals surface area (Å²) in [6.07, 6.45) is 1.82. The molecular weight excluding hydrogens is 260 g/mol. The molecule has 0 aliphatic rings. The van der Waals surface area contributed by atoms with Crippen molar-refractivity contribution in [2.75, 3.05) is 0 Å². The third-order valence-corrected chi connectivity index (χ3v) is 3.63. The second-order valence-corrected chi connectivity index (χ2v) is 5.45. The Morgan fingerprint density at radius 2 is 1.29 bits per heavy atom. The fourth-order valence-corrected chi connectivity index (χ4v) is 2.25. The SMILES string of the molecule is CC(=CC(c1ccc(C)cc1)c1ccc(C)cc1)C(=O)O. The zero-order valence-corrected chi connectivity index (χ0v) is 12.6. The number of hydrogen-bond acceptors (Lipinski definition) is 1. The van der Waals surface area contributed by atoms with E-state index in [1.54, 1.807) is 6.92 Å². The predicted molar refractivity (Wildman–Crippen MR) is 85.6 cm³/mol. The molecule has 108 valence electrons. The molecule has 0 aliphatic carbocycles. The third kappa shape index (κ3) is 3.82. The number of carboxylic acids is 1. The van der Waals surface area contributed by atoms with Crippen LogP contribution in [0.2, 0.25) is 0 Å². The highest BCUT2D eigenvalue weighted by molar-refractivity contribution is 5.86. The largest absolute Gasteiger partial charge is 0.478 e. The lowest BCUT2D eigenvalue weighted by Gasteiger charge is -2.15. The molecule has 0 aromatic heterocycles. The lowest BCUT2D eigenvalue weighted by molar-refractivity contribution is -0.132. The van der Waals surface area contributed by atoms with Crippen LogP contribution < -0.4 is 0 Å². The summed E-state index contributed by atoms with van der Waals surface area (Å²) in [6.45, 7) is 5.73. The number of carbonyl (C=O) groups is 1. The summed E-state index contributed by atoms with van der Waals surface area (Å²) in [4.78, 5) is 11.1. The van der Waals surface area contributed by atoms with Gasteiger partial charge in [-0.05, 0) is 31.9 Å². The number of allylic oxidation sites excluding steroid dienone is 1. The maximum Gasteiger partial charge on any atom is 0.330 e. The summed E-state index contributed by atoms with van der Waals surface area (Å²) in [6, 6.07) is 16.5. The first kappa shape index (κ1) is 15.0. The monoisotopic (exact) mass is 280 g/mol. The van der Waals surface area contributed by atoms with Gasteiger partial charge in [-0.2, -0.15) is 0 Å². The number of benzene rings is 2. The molecule has 2 nitrogen and oxygen atoms in total. The van der Waals surface area contributed by atoms with E-state index in [0.29, 0.717) is 5.57 Å². The number of carboxylic acid groups (broad SMARTS) is 1. The van der Waals surface area contributed by atoms with Crippen molar-refractivity contribution in [1.29, 1.82) is 0 Å². The molecule has 0 saturated heterocycles. The van der Waals surface area contributed by atoms with Gasteiger partial charge in [-0.1, -0.05) is 65.7 Å². The fraction of sp³-hybridized carbons (Fsp3) is 0.211. The van der Waals surface area contributed by atoms with Crippen LogP contribution in [-0.2, 0) is 4.79 Å². The molecule has 0 radical (unpaired) electrons. The molecule has 2 rings (SSSR count). The molecule has 2 aromatic rings. The summed E-state index contributed by atoms with van der Waals surface area (Å²) in [5, 5.41) is 9.14. The zero-order chi connectivity index (χ0) is 15.4. The molecule has 2 heteroatoms. The van der Waals surface area contributed by atoms with Gasteiger partial charge in [0, 0.05) is 11.5 Å². The Morgan fingerprint density at radius 1 is 0.905 bits per heavy atom. The average molecular weight is 280 g/mol. The van der Waals surface area contributed by atoms with Crippen molar-refractivity contribution < 1.29 is 9.90 Å². The highest BCUT2D eigenvalue weighted by atomic mass is 16.4. The average Bonchev–Trinajstić information content (AvgIpc) is 2.46. The van der Waals surface area contributed by atoms with Crippen LogP contribution in [0, 0.1) is 13.8 Å². The minimum absolute atomic E-state index is 0.0395. The molecule has 0 heterocycles. The van der Waals surface area contributed by atoms with E-state index >= 15 is 0 Å². The van der Waals surface area contributed by atoms with E-state index in [9.17, 15) is 4.79 Å². The van der Waals surface area contributed by atoms with Crippen LogP contribution >= 0.6 is 0 Å². The summed E-state index contributed by atoms with van der Waals surface area (Å²) in [5.41, 5.74) is 4.96. The first-order chi connectivity index (χ1) is 9.97. The lowest BCUT2D eigenvalue weighted by atomic mass is 9.89. The molecule has 0 aliphatic heterocycles. The van der Waals surface area contributed by atoms with Gasteiger partial charge >= 0.3 is 5.97 Å². The number of aryl methyl sites for hydroxylation is 2. The summed E-state index contributed by atoms with van der Waals surface area (Å²) >= 11 is 0. The Bertz CT molecular complexity index is 603. The molecule has 1 N–H and O–H groups in total. The molecular formula is C19H20O2. The minimum Gasteiger partial charge on any atom is -0.478 e. The molecule has 0 spiro atoms. The van der Waals surface area contributed by atoms with Gasteiger partial charge in [-0.3, -0.25) is 0 Å². The van der Waals surface area contributed by atoms with Crippen LogP contribution in [0.3, 0.4) is 0 Å². The van der Waals surface area contributed by atoms with Crippen LogP contribution in [0.15, 0.2) is 60.2 Å². The van der Waals surface area contributed by atoms with E-state index in [2.05, 4.69) is 48.5 Å². The van der Waals surface area contributed by atoms with Crippen molar-refractivity contribution in [2.24, 2.45) is 0 Å². The topological polar surface area (TPSA) is 37.3 Å². The smallest absolute Gasteiger partial charge is 0.330 e. The third-order valence-electron chi connectivity index (χ3n) is 3.63. The van der Waals surface area contributed by atoms with Gasteiger partial charge in [0.1, 0.15) is 0 Å². The molecule has 0 amide bonds. The second-order valence-electron chi connectivity index (χ2n) is 5.45. The van der Waals surface area contributed by atoms with E-state index in [1.807, 2.05) is 19.9 Å². The van der Waals surface area contributed by atoms with Crippen LogP contribution in [0.1, 0.15) is 35.1 Å². The van der Waals surface area contributed by atoms with Gasteiger partial charge in [0.25, 0.3) is 0 Å². The minimum atomic E-state index is -0.876. The van der Waals surface area contributed by atoms with Crippen molar-refractivity contribution in [1.82, 2.24) is 0 Å². The summed E-state index contributed by atoms with van der Waals surface area (Å²) < 4.78 is 0. The highest BCUT2D eigenvalue weighted by Crippen LogP contribution is 2.28. The first-order valence-electron chi connectivity index (χ1n) is 7.02. The van der Waals surface area contributed by atoms with Crippen LogP contribution in [-0.4, -0.2) is 11.1 Å². The number of hydrogen-bond donors (Lipinski definition) is 1. The predicted octanol–water partition coefficient (Wildman–Crippen LogP) is 4.47. The fourth-order valence-electron chi connectivity index (χ4n) is 2.25. The van der Waals surface area contributed by atoms with Gasteiger partial charge in [-0.25, -0.2) is 4.79 Å². The Kier molecular flexibility index (Phi) is 4.59. The normalized spacial score (nSPS) is 11.7. The molecule has 21 heavy (non-hydrogen) atoms. The Morgan fingerprint density at radius 3 is 1.62 bits per heavy atom. The Balaban J connectivity index is 2.48. The molecule has 0 fully saturated rings. The van der Waals surface area contributed by atoms with Crippen LogP contribution in [0.5, 0.6) is 0 Å². The van der Waals surface area contributed by atoms with E-state index in [4.69, 9.17) is 5.11 Å². The van der Waals surface area contributed by atoms with Crippen molar-refractivity contribution in [3.63, 3.8) is 0 Å². The van der Waals surface area contributed by atoms with E-state index in [1.165, 1.54) is 11.1 Å². The quantitative estimate of drug-likeness (QED) is 0.839. The van der Waals surface area contributed by atoms with E-state index in [-0.39, 0.29) is 5.92 Å². The number of aliphatic carboxylic acids is 1. The lowest BCUT2D eigenvalue weighted by Crippen LogP contribution is -2.03. The molecule has 0 bridgehead atoms. The summed E-state index contributed by atoms with van der Waals surface area (Å²) in [7, 11) is 0. The van der Waals surface area contributed by atoms with Gasteiger partial charge in [0.05, 0.1) is 0 Å². The van der Waals surface area contributed by atoms with Gasteiger partial charge < -0.3 is 5.11 Å². The highest BCUT2D eigenvalue weighted by Gasteiger charge is 2.13. The number of rotatable bonds is 4. The van der Waals surface area contributed by atoms with Crippen LogP contribution in [0.4, 0.5) is 0 Å². The van der Waals surface area contributed by atoms with E-state index in [0.717, 1.165) is 11.1 Å². The summed E-state index contributed by atoms with van der Waals surface area (Å²) in [5.74, 6) is -0.915. The Labute approximate surface area is 125 Å². The van der Waals surface area contributed by atoms with Crippen molar-refractivity contribution in [3.8, 4) is 0 Å². The molecule has 0 atom stereocenters. The zero-order valence-electron chi connectivity index (χ0n) is 12.6. The Hall–Kier alpha value is -2.35. The molecule has 0 saturated carbocycles.